The number of hydrogen-bond donors (Lipinski definition) is 1. The van der Waals surface area contributed by atoms with Gasteiger partial charge in [0.1, 0.15) is 17.8 Å². The van der Waals surface area contributed by atoms with Crippen LogP contribution in [0.25, 0.3) is 0 Å². The van der Waals surface area contributed by atoms with Crippen molar-refractivity contribution in [2.24, 2.45) is 0 Å². The fourth-order valence-corrected chi connectivity index (χ4v) is 0.754. The minimum atomic E-state index is 0.347. The van der Waals surface area contributed by atoms with E-state index in [4.69, 9.17) is 10.5 Å². The predicted octanol–water partition coefficient (Wildman–Crippen LogP) is 1.07. The average molecular weight is 131 g/mol. The Morgan fingerprint density at radius 3 is 2.50 bits per heavy atom. The van der Waals surface area contributed by atoms with Crippen molar-refractivity contribution in [3.63, 3.8) is 0 Å². The largest absolute Gasteiger partial charge is 0.352 e. The van der Waals surface area contributed by atoms with E-state index in [2.05, 4.69) is 4.98 Å². The fourth-order valence-electron chi connectivity index (χ4n) is 0.754. The first kappa shape index (κ1) is 6.38. The van der Waals surface area contributed by atoms with Crippen LogP contribution in [0, 0.1) is 29.6 Å². The molecule has 0 aliphatic heterocycles. The number of nitrogens with zero attached hydrogens (tertiary/aromatic N) is 2. The molecule has 0 amide bonds. The minimum absolute atomic E-state index is 0.347. The van der Waals surface area contributed by atoms with Crippen LogP contribution in [-0.2, 0) is 0 Å². The van der Waals surface area contributed by atoms with Crippen molar-refractivity contribution in [1.29, 1.82) is 10.5 Å². The van der Waals surface area contributed by atoms with E-state index < -0.39 is 0 Å². The highest BCUT2D eigenvalue weighted by atomic mass is 14.7. The van der Waals surface area contributed by atoms with E-state index in [-0.39, 0.29) is 0 Å². The lowest BCUT2D eigenvalue weighted by atomic mass is 10.2. The molecule has 3 heteroatoms. The molecule has 0 atom stereocenters. The summed E-state index contributed by atoms with van der Waals surface area (Å²) in [5.74, 6) is 0. The summed E-state index contributed by atoms with van der Waals surface area (Å²) in [5.41, 5.74) is 1.61. The van der Waals surface area contributed by atoms with Gasteiger partial charge in [-0.15, -0.1) is 0 Å². The zero-order chi connectivity index (χ0) is 7.56. The van der Waals surface area contributed by atoms with E-state index in [1.165, 1.54) is 0 Å². The van der Waals surface area contributed by atoms with Crippen LogP contribution in [-0.4, -0.2) is 4.98 Å². The van der Waals surface area contributed by atoms with Crippen LogP contribution in [0.15, 0.2) is 6.20 Å². The lowest BCUT2D eigenvalue weighted by Crippen LogP contribution is -1.78. The van der Waals surface area contributed by atoms with Gasteiger partial charge in [0.25, 0.3) is 0 Å². The average Bonchev–Trinajstić information content (AvgIpc) is 2.30. The lowest BCUT2D eigenvalue weighted by molar-refractivity contribution is 1.32. The third kappa shape index (κ3) is 0.744. The summed E-state index contributed by atoms with van der Waals surface area (Å²) in [5, 5.41) is 16.9. The summed E-state index contributed by atoms with van der Waals surface area (Å²) in [6.07, 6.45) is 1.65. The second-order valence-electron chi connectivity index (χ2n) is 1.95. The molecule has 0 fully saturated rings. The van der Waals surface area contributed by atoms with E-state index in [0.717, 1.165) is 5.56 Å². The molecule has 1 rings (SSSR count). The Labute approximate surface area is 58.5 Å². The van der Waals surface area contributed by atoms with Crippen LogP contribution in [0.3, 0.4) is 0 Å². The van der Waals surface area contributed by atoms with Crippen molar-refractivity contribution in [2.45, 2.75) is 6.92 Å². The predicted molar refractivity (Wildman–Crippen MR) is 35.0 cm³/mol. The second kappa shape index (κ2) is 2.24. The van der Waals surface area contributed by atoms with E-state index in [0.29, 0.717) is 11.3 Å². The molecule has 0 aromatic carbocycles. The maximum atomic E-state index is 8.50. The SMILES string of the molecule is Cc1c[nH]c(C#N)c1C#N. The third-order valence-electron chi connectivity index (χ3n) is 1.30. The highest BCUT2D eigenvalue weighted by molar-refractivity contribution is 5.46. The van der Waals surface area contributed by atoms with Gasteiger partial charge in [-0.3, -0.25) is 0 Å². The molecule has 0 spiro atoms. The van der Waals surface area contributed by atoms with Gasteiger partial charge in [-0.25, -0.2) is 0 Å². The van der Waals surface area contributed by atoms with Gasteiger partial charge in [0, 0.05) is 6.20 Å². The highest BCUT2D eigenvalue weighted by Crippen LogP contribution is 2.09. The molecular formula is C7H5N3. The first-order valence-electron chi connectivity index (χ1n) is 2.77. The van der Waals surface area contributed by atoms with Crippen molar-refractivity contribution in [2.75, 3.05) is 0 Å². The summed E-state index contributed by atoms with van der Waals surface area (Å²) in [6.45, 7) is 1.79. The number of aromatic amines is 1. The lowest BCUT2D eigenvalue weighted by Gasteiger charge is -1.81. The summed E-state index contributed by atoms with van der Waals surface area (Å²) in [6, 6.07) is 3.83. The molecule has 3 nitrogen and oxygen atoms in total. The molecule has 0 unspecified atom stereocenters. The zero-order valence-electron chi connectivity index (χ0n) is 5.47. The first-order valence-corrected chi connectivity index (χ1v) is 2.77. The molecule has 1 aromatic heterocycles. The molecular weight excluding hydrogens is 126 g/mol. The monoisotopic (exact) mass is 131 g/mol. The van der Waals surface area contributed by atoms with Crippen LogP contribution in [0.4, 0.5) is 0 Å². The molecule has 0 radical (unpaired) electrons. The van der Waals surface area contributed by atoms with Gasteiger partial charge >= 0.3 is 0 Å². The minimum Gasteiger partial charge on any atom is -0.352 e. The van der Waals surface area contributed by atoms with Gasteiger partial charge < -0.3 is 4.98 Å². The number of aromatic nitrogens is 1. The number of H-pyrrole nitrogens is 1. The standard InChI is InChI=1S/C7H5N3/c1-5-4-10-7(3-9)6(5)2-8/h4,10H,1H3. The highest BCUT2D eigenvalue weighted by Gasteiger charge is 2.04. The Kier molecular flexibility index (Phi) is 1.43. The van der Waals surface area contributed by atoms with Gasteiger partial charge in [0.15, 0.2) is 0 Å². The summed E-state index contributed by atoms with van der Waals surface area (Å²) in [7, 11) is 0. The van der Waals surface area contributed by atoms with Crippen molar-refractivity contribution in [3.8, 4) is 12.1 Å². The van der Waals surface area contributed by atoms with Gasteiger partial charge in [-0.05, 0) is 12.5 Å². The van der Waals surface area contributed by atoms with Gasteiger partial charge in [0.05, 0.1) is 5.56 Å². The van der Waals surface area contributed by atoms with Crippen LogP contribution >= 0.6 is 0 Å². The maximum absolute atomic E-state index is 8.50. The molecule has 0 saturated carbocycles. The Hall–Kier alpha value is -1.74. The number of rotatable bonds is 0. The summed E-state index contributed by atoms with van der Waals surface area (Å²) < 4.78 is 0. The van der Waals surface area contributed by atoms with Crippen molar-refractivity contribution < 1.29 is 0 Å². The summed E-state index contributed by atoms with van der Waals surface area (Å²) >= 11 is 0. The molecule has 1 aromatic rings. The quantitative estimate of drug-likeness (QED) is 0.572. The van der Waals surface area contributed by atoms with Gasteiger partial charge in [-0.1, -0.05) is 0 Å². The summed E-state index contributed by atoms with van der Waals surface area (Å²) in [4.78, 5) is 2.69. The van der Waals surface area contributed by atoms with Crippen molar-refractivity contribution in [1.82, 2.24) is 4.98 Å². The molecule has 0 saturated heterocycles. The maximum Gasteiger partial charge on any atom is 0.135 e. The normalized spacial score (nSPS) is 8.30. The molecule has 1 heterocycles. The number of nitrogens with one attached hydrogen (secondary N) is 1. The van der Waals surface area contributed by atoms with Crippen molar-refractivity contribution >= 4 is 0 Å². The van der Waals surface area contributed by atoms with Crippen LogP contribution in [0.5, 0.6) is 0 Å². The second-order valence-corrected chi connectivity index (χ2v) is 1.95. The number of aryl methyl sites for hydroxylation is 1. The molecule has 1 N–H and O–H groups in total. The number of nitriles is 2. The van der Waals surface area contributed by atoms with Crippen LogP contribution in [0.1, 0.15) is 16.8 Å². The molecule has 0 aliphatic carbocycles. The molecule has 48 valence electrons. The topological polar surface area (TPSA) is 63.4 Å². The van der Waals surface area contributed by atoms with E-state index in [9.17, 15) is 0 Å². The van der Waals surface area contributed by atoms with Gasteiger partial charge in [0.2, 0.25) is 0 Å². The Morgan fingerprint density at radius 2 is 2.10 bits per heavy atom. The molecule has 0 bridgehead atoms. The smallest absolute Gasteiger partial charge is 0.135 e. The van der Waals surface area contributed by atoms with Crippen molar-refractivity contribution in [3.05, 3.63) is 23.0 Å². The Morgan fingerprint density at radius 1 is 1.40 bits per heavy atom. The van der Waals surface area contributed by atoms with Crippen LogP contribution < -0.4 is 0 Å². The Balaban J connectivity index is 3.34. The zero-order valence-corrected chi connectivity index (χ0v) is 5.47. The first-order chi connectivity index (χ1) is 4.79. The van der Waals surface area contributed by atoms with Gasteiger partial charge in [-0.2, -0.15) is 10.5 Å². The number of hydrogen-bond acceptors (Lipinski definition) is 2. The Bertz CT molecular complexity index is 322. The fraction of sp³-hybridized carbons (Fsp3) is 0.143. The van der Waals surface area contributed by atoms with E-state index in [1.54, 1.807) is 13.1 Å². The van der Waals surface area contributed by atoms with E-state index >= 15 is 0 Å². The molecule has 0 aliphatic rings. The van der Waals surface area contributed by atoms with E-state index in [1.807, 2.05) is 12.1 Å². The molecule has 10 heavy (non-hydrogen) atoms. The third-order valence-corrected chi connectivity index (χ3v) is 1.30. The van der Waals surface area contributed by atoms with Crippen LogP contribution in [0.2, 0.25) is 0 Å².